The van der Waals surface area contributed by atoms with Crippen LogP contribution in [0.5, 0.6) is 0 Å². The van der Waals surface area contributed by atoms with E-state index in [0.717, 1.165) is 22.5 Å². The van der Waals surface area contributed by atoms with Gasteiger partial charge in [0, 0.05) is 32.2 Å². The molecule has 1 saturated heterocycles. The topological polar surface area (TPSA) is 117 Å². The van der Waals surface area contributed by atoms with Crippen molar-refractivity contribution in [3.05, 3.63) is 65.7 Å². The molecule has 1 aromatic heterocycles. The predicted molar refractivity (Wildman–Crippen MR) is 140 cm³/mol. The van der Waals surface area contributed by atoms with Crippen LogP contribution in [0.15, 0.2) is 59.7 Å². The second-order valence-corrected chi connectivity index (χ2v) is 7.79. The lowest BCUT2D eigenvalue weighted by Gasteiger charge is -2.27. The van der Waals surface area contributed by atoms with Crippen LogP contribution in [0.2, 0.25) is 0 Å². The van der Waals surface area contributed by atoms with E-state index < -0.39 is 0 Å². The van der Waals surface area contributed by atoms with Gasteiger partial charge >= 0.3 is 0 Å². The zero-order valence-electron chi connectivity index (χ0n) is 19.7. The fourth-order valence-electron chi connectivity index (χ4n) is 3.37. The maximum atomic E-state index is 11.2. The number of carbonyl (C=O) groups excluding carboxylic acids is 1. The number of hydrazone groups is 1. The molecule has 1 fully saturated rings. The van der Waals surface area contributed by atoms with Crippen molar-refractivity contribution in [1.29, 1.82) is 0 Å². The molecule has 1 aliphatic heterocycles. The third-order valence-electron chi connectivity index (χ3n) is 5.16. The monoisotopic (exact) mass is 496 g/mol. The molecular weight excluding hydrogens is 468 g/mol. The molecule has 3 aromatic rings. The SMILES string of the molecule is CC(=O)Nc1ccc(C(C)=NNc2nc(NCc3ccccc3)nc(N3CCOCC3)n2)cc1.Cl. The number of amides is 1. The highest BCUT2D eigenvalue weighted by Gasteiger charge is 2.16. The highest BCUT2D eigenvalue weighted by Crippen LogP contribution is 2.16. The summed E-state index contributed by atoms with van der Waals surface area (Å²) in [6, 6.07) is 17.5. The summed E-state index contributed by atoms with van der Waals surface area (Å²) in [6.07, 6.45) is 0. The summed E-state index contributed by atoms with van der Waals surface area (Å²) in [5.41, 5.74) is 6.49. The van der Waals surface area contributed by atoms with Crippen molar-refractivity contribution < 1.29 is 9.53 Å². The van der Waals surface area contributed by atoms with Gasteiger partial charge < -0.3 is 20.3 Å². The van der Waals surface area contributed by atoms with E-state index in [-0.39, 0.29) is 18.3 Å². The van der Waals surface area contributed by atoms with Crippen LogP contribution in [0.3, 0.4) is 0 Å². The van der Waals surface area contributed by atoms with Gasteiger partial charge in [-0.15, -0.1) is 12.4 Å². The molecule has 0 unspecified atom stereocenters. The number of aromatic nitrogens is 3. The molecule has 0 atom stereocenters. The standard InChI is InChI=1S/C24H28N8O2.ClH/c1-17(20-8-10-21(11-9-20)26-18(2)33)30-31-23-27-22(25-16-19-6-4-3-5-7-19)28-24(29-23)32-12-14-34-15-13-32;/h3-11H,12-16H2,1-2H3,(H,26,33)(H2,25,27,28,29,31);1H. The van der Waals surface area contributed by atoms with Gasteiger partial charge in [0.05, 0.1) is 18.9 Å². The third-order valence-corrected chi connectivity index (χ3v) is 5.16. The fourth-order valence-corrected chi connectivity index (χ4v) is 3.37. The van der Waals surface area contributed by atoms with Gasteiger partial charge in [-0.1, -0.05) is 42.5 Å². The Kier molecular flexibility index (Phi) is 9.33. The molecule has 0 radical (unpaired) electrons. The summed E-state index contributed by atoms with van der Waals surface area (Å²) in [6.45, 7) is 6.65. The van der Waals surface area contributed by atoms with Gasteiger partial charge in [-0.05, 0) is 30.2 Å². The molecule has 2 heterocycles. The Hall–Kier alpha value is -3.76. The first kappa shape index (κ1) is 25.9. The van der Waals surface area contributed by atoms with E-state index in [2.05, 4.69) is 41.0 Å². The van der Waals surface area contributed by atoms with Gasteiger partial charge in [0.1, 0.15) is 0 Å². The van der Waals surface area contributed by atoms with Crippen LogP contribution in [-0.2, 0) is 16.1 Å². The quantitative estimate of drug-likeness (QED) is 0.320. The van der Waals surface area contributed by atoms with E-state index in [1.165, 1.54) is 6.92 Å². The number of ether oxygens (including phenoxy) is 1. The number of hydrogen-bond acceptors (Lipinski definition) is 9. The first-order valence-corrected chi connectivity index (χ1v) is 11.1. The maximum Gasteiger partial charge on any atom is 0.250 e. The van der Waals surface area contributed by atoms with Crippen LogP contribution >= 0.6 is 12.4 Å². The first-order chi connectivity index (χ1) is 16.6. The Morgan fingerprint density at radius 2 is 1.66 bits per heavy atom. The molecule has 4 rings (SSSR count). The lowest BCUT2D eigenvalue weighted by Crippen LogP contribution is -2.37. The number of nitrogens with one attached hydrogen (secondary N) is 3. The number of carbonyl (C=O) groups is 1. The molecule has 0 bridgehead atoms. The second-order valence-electron chi connectivity index (χ2n) is 7.79. The zero-order chi connectivity index (χ0) is 23.8. The van der Waals surface area contributed by atoms with Crippen molar-refractivity contribution in [2.45, 2.75) is 20.4 Å². The summed E-state index contributed by atoms with van der Waals surface area (Å²) in [7, 11) is 0. The van der Waals surface area contributed by atoms with Crippen molar-refractivity contribution in [1.82, 2.24) is 15.0 Å². The molecule has 0 saturated carbocycles. The Labute approximate surface area is 210 Å². The van der Waals surface area contributed by atoms with Gasteiger partial charge in [0.25, 0.3) is 0 Å². The molecule has 35 heavy (non-hydrogen) atoms. The predicted octanol–water partition coefficient (Wildman–Crippen LogP) is 3.54. The summed E-state index contributed by atoms with van der Waals surface area (Å²) < 4.78 is 5.46. The van der Waals surface area contributed by atoms with Gasteiger partial charge in [0.2, 0.25) is 23.8 Å². The van der Waals surface area contributed by atoms with Gasteiger partial charge in [0.15, 0.2) is 0 Å². The van der Waals surface area contributed by atoms with Crippen molar-refractivity contribution in [2.75, 3.05) is 47.3 Å². The van der Waals surface area contributed by atoms with E-state index in [4.69, 9.17) is 4.74 Å². The highest BCUT2D eigenvalue weighted by molar-refractivity contribution is 5.99. The number of hydrogen-bond donors (Lipinski definition) is 3. The number of rotatable bonds is 8. The van der Waals surface area contributed by atoms with Crippen molar-refractivity contribution in [3.8, 4) is 0 Å². The molecule has 1 amide bonds. The zero-order valence-corrected chi connectivity index (χ0v) is 20.5. The number of halogens is 1. The number of morpholine rings is 1. The number of anilines is 4. The average molecular weight is 497 g/mol. The molecule has 1 aliphatic rings. The largest absolute Gasteiger partial charge is 0.378 e. The molecular formula is C24H29ClN8O2. The first-order valence-electron chi connectivity index (χ1n) is 11.1. The van der Waals surface area contributed by atoms with E-state index >= 15 is 0 Å². The van der Waals surface area contributed by atoms with E-state index in [1.54, 1.807) is 0 Å². The molecule has 11 heteroatoms. The molecule has 3 N–H and O–H groups in total. The summed E-state index contributed by atoms with van der Waals surface area (Å²) in [5, 5.41) is 10.5. The maximum absolute atomic E-state index is 11.2. The normalized spacial score (nSPS) is 13.5. The van der Waals surface area contributed by atoms with Gasteiger partial charge in [-0.2, -0.15) is 20.1 Å². The fraction of sp³-hybridized carbons (Fsp3) is 0.292. The molecule has 10 nitrogen and oxygen atoms in total. The van der Waals surface area contributed by atoms with E-state index in [0.29, 0.717) is 50.7 Å². The summed E-state index contributed by atoms with van der Waals surface area (Å²) >= 11 is 0. The van der Waals surface area contributed by atoms with Crippen LogP contribution in [0.1, 0.15) is 25.0 Å². The van der Waals surface area contributed by atoms with E-state index in [1.807, 2.05) is 61.5 Å². The molecule has 0 spiro atoms. The van der Waals surface area contributed by atoms with Crippen LogP contribution < -0.4 is 21.0 Å². The molecule has 2 aromatic carbocycles. The molecule has 0 aliphatic carbocycles. The Morgan fingerprint density at radius 3 is 2.34 bits per heavy atom. The van der Waals surface area contributed by atoms with Crippen molar-refractivity contribution in [3.63, 3.8) is 0 Å². The number of benzene rings is 2. The van der Waals surface area contributed by atoms with Crippen LogP contribution in [-0.4, -0.2) is 52.9 Å². The summed E-state index contributed by atoms with van der Waals surface area (Å²) in [4.78, 5) is 26.9. The second kappa shape index (κ2) is 12.6. The minimum absolute atomic E-state index is 0. The van der Waals surface area contributed by atoms with Crippen LogP contribution in [0.4, 0.5) is 23.5 Å². The number of nitrogens with zero attached hydrogens (tertiary/aromatic N) is 5. The minimum Gasteiger partial charge on any atom is -0.378 e. The smallest absolute Gasteiger partial charge is 0.250 e. The van der Waals surface area contributed by atoms with E-state index in [9.17, 15) is 4.79 Å². The minimum atomic E-state index is -0.109. The van der Waals surface area contributed by atoms with Gasteiger partial charge in [-0.25, -0.2) is 5.43 Å². The van der Waals surface area contributed by atoms with Crippen LogP contribution in [0.25, 0.3) is 0 Å². The lowest BCUT2D eigenvalue weighted by atomic mass is 10.1. The van der Waals surface area contributed by atoms with Crippen LogP contribution in [0, 0.1) is 0 Å². The Bertz CT molecular complexity index is 1140. The molecule has 184 valence electrons. The average Bonchev–Trinajstić information content (AvgIpc) is 2.87. The summed E-state index contributed by atoms with van der Waals surface area (Å²) in [5.74, 6) is 1.28. The Morgan fingerprint density at radius 1 is 0.971 bits per heavy atom. The highest BCUT2D eigenvalue weighted by atomic mass is 35.5. The lowest BCUT2D eigenvalue weighted by molar-refractivity contribution is -0.114. The van der Waals surface area contributed by atoms with Gasteiger partial charge in [-0.3, -0.25) is 4.79 Å². The van der Waals surface area contributed by atoms with Crippen molar-refractivity contribution in [2.24, 2.45) is 5.10 Å². The third kappa shape index (κ3) is 7.62. The van der Waals surface area contributed by atoms with Crippen molar-refractivity contribution >= 4 is 47.6 Å². The Balaban J connectivity index is 0.00000342.